The Morgan fingerprint density at radius 1 is 1.25 bits per heavy atom. The first-order valence-corrected chi connectivity index (χ1v) is 9.22. The van der Waals surface area contributed by atoms with Gasteiger partial charge in [-0.2, -0.15) is 10.5 Å². The van der Waals surface area contributed by atoms with Crippen LogP contribution in [0.1, 0.15) is 29.7 Å². The van der Waals surface area contributed by atoms with E-state index in [0.717, 1.165) is 17.3 Å². The molecule has 1 heterocycles. The number of nitriles is 2. The fraction of sp³-hybridized carbons (Fsp3) is 0.263. The van der Waals surface area contributed by atoms with Crippen molar-refractivity contribution in [2.24, 2.45) is 0 Å². The Hall–Kier alpha value is -3.43. The summed E-state index contributed by atoms with van der Waals surface area (Å²) in [5.74, 6) is 1.28. The largest absolute Gasteiger partial charge is 0.497 e. The van der Waals surface area contributed by atoms with E-state index < -0.39 is 0 Å². The lowest BCUT2D eigenvalue weighted by Crippen LogP contribution is -2.29. The van der Waals surface area contributed by atoms with Crippen LogP contribution in [0.4, 0.5) is 5.82 Å². The molecule has 0 saturated heterocycles. The molecule has 1 amide bonds. The molecule has 0 unspecified atom stereocenters. The first kappa shape index (κ1) is 20.9. The van der Waals surface area contributed by atoms with Crippen LogP contribution >= 0.6 is 11.8 Å². The number of nitrogens with one attached hydrogen (secondary N) is 2. The number of thioether (sulfide) groups is 1. The molecule has 8 nitrogen and oxygen atoms in total. The number of ether oxygens (including phenoxy) is 2. The van der Waals surface area contributed by atoms with Gasteiger partial charge in [0.15, 0.2) is 5.03 Å². The van der Waals surface area contributed by atoms with Gasteiger partial charge in [-0.15, -0.1) is 0 Å². The van der Waals surface area contributed by atoms with E-state index in [4.69, 9.17) is 20.5 Å². The van der Waals surface area contributed by atoms with Crippen molar-refractivity contribution >= 4 is 23.5 Å². The van der Waals surface area contributed by atoms with Gasteiger partial charge in [0.2, 0.25) is 5.91 Å². The molecule has 1 aromatic carbocycles. The van der Waals surface area contributed by atoms with Crippen molar-refractivity contribution in [3.05, 3.63) is 41.0 Å². The highest BCUT2D eigenvalue weighted by molar-refractivity contribution is 7.99. The minimum Gasteiger partial charge on any atom is -0.497 e. The number of hydrogen-bond acceptors (Lipinski definition) is 7. The topological polar surface area (TPSA) is 135 Å². The van der Waals surface area contributed by atoms with Crippen LogP contribution in [0, 0.1) is 22.7 Å². The van der Waals surface area contributed by atoms with Gasteiger partial charge in [0.25, 0.3) is 5.82 Å². The molecule has 2 rings (SSSR count). The number of aromatic amines is 1. The number of nitrogens with two attached hydrogens (primary N) is 1. The molecule has 144 valence electrons. The van der Waals surface area contributed by atoms with Crippen LogP contribution < -0.4 is 25.5 Å². The number of amides is 1. The summed E-state index contributed by atoms with van der Waals surface area (Å²) in [6, 6.07) is 10.3. The van der Waals surface area contributed by atoms with Crippen LogP contribution in [0.15, 0.2) is 29.3 Å². The number of nitrogen functional groups attached to an aromatic ring is 1. The number of anilines is 1. The molecular formula is C19H20N5O3S+. The van der Waals surface area contributed by atoms with Crippen LogP contribution in [-0.4, -0.2) is 25.9 Å². The molecule has 28 heavy (non-hydrogen) atoms. The number of aromatic nitrogens is 1. The summed E-state index contributed by atoms with van der Waals surface area (Å²) in [5, 5.41) is 21.5. The summed E-state index contributed by atoms with van der Waals surface area (Å²) in [7, 11) is 3.13. The Morgan fingerprint density at radius 3 is 2.57 bits per heavy atom. The smallest absolute Gasteiger partial charge is 0.289 e. The van der Waals surface area contributed by atoms with Crippen molar-refractivity contribution in [3.63, 3.8) is 0 Å². The van der Waals surface area contributed by atoms with E-state index in [-0.39, 0.29) is 34.6 Å². The second kappa shape index (κ2) is 9.49. The fourth-order valence-electron chi connectivity index (χ4n) is 2.51. The molecule has 0 aliphatic carbocycles. The Bertz CT molecular complexity index is 965. The van der Waals surface area contributed by atoms with Crippen molar-refractivity contribution in [3.8, 4) is 23.6 Å². The highest BCUT2D eigenvalue weighted by atomic mass is 32.2. The van der Waals surface area contributed by atoms with Crippen LogP contribution in [0.2, 0.25) is 0 Å². The SMILES string of the molecule is COc1ccc(OC)c([C@@H](C)NC(=O)CSc2[nH+]c(N)c(C#N)cc2C#N)c1. The van der Waals surface area contributed by atoms with E-state index in [1.165, 1.54) is 6.07 Å². The van der Waals surface area contributed by atoms with E-state index in [2.05, 4.69) is 10.3 Å². The number of H-pyrrole nitrogens is 1. The number of nitrogens with zero attached hydrogens (tertiary/aromatic N) is 2. The number of carbonyl (C=O) groups is 1. The second-order valence-electron chi connectivity index (χ2n) is 5.75. The lowest BCUT2D eigenvalue weighted by atomic mass is 10.1. The zero-order chi connectivity index (χ0) is 20.7. The summed E-state index contributed by atoms with van der Waals surface area (Å²) < 4.78 is 10.6. The Morgan fingerprint density at radius 2 is 1.96 bits per heavy atom. The molecule has 2 aromatic rings. The van der Waals surface area contributed by atoms with Gasteiger partial charge in [0.05, 0.1) is 26.0 Å². The molecule has 0 aliphatic heterocycles. The van der Waals surface area contributed by atoms with Crippen LogP contribution in [0.3, 0.4) is 0 Å². The van der Waals surface area contributed by atoms with Gasteiger partial charge < -0.3 is 14.8 Å². The predicted octanol–water partition coefficient (Wildman–Crippen LogP) is 1.81. The van der Waals surface area contributed by atoms with Gasteiger partial charge in [-0.3, -0.25) is 10.5 Å². The van der Waals surface area contributed by atoms with Gasteiger partial charge in [-0.05, 0) is 31.2 Å². The van der Waals surface area contributed by atoms with Gasteiger partial charge in [0, 0.05) is 5.56 Å². The lowest BCUT2D eigenvalue weighted by molar-refractivity contribution is -0.410. The van der Waals surface area contributed by atoms with Crippen LogP contribution in [-0.2, 0) is 4.79 Å². The van der Waals surface area contributed by atoms with E-state index in [1.807, 2.05) is 19.1 Å². The molecular weight excluding hydrogens is 378 g/mol. The van der Waals surface area contributed by atoms with E-state index >= 15 is 0 Å². The maximum Gasteiger partial charge on any atom is 0.289 e. The molecule has 4 N–H and O–H groups in total. The fourth-order valence-corrected chi connectivity index (χ4v) is 3.31. The van der Waals surface area contributed by atoms with Crippen molar-refractivity contribution in [1.82, 2.24) is 5.32 Å². The molecule has 0 fully saturated rings. The quantitative estimate of drug-likeness (QED) is 0.679. The molecule has 0 saturated carbocycles. The third-order valence-corrected chi connectivity index (χ3v) is 4.96. The van der Waals surface area contributed by atoms with Crippen molar-refractivity contribution in [1.29, 1.82) is 10.5 Å². The van der Waals surface area contributed by atoms with Crippen LogP contribution in [0.5, 0.6) is 11.5 Å². The number of benzene rings is 1. The molecule has 0 aliphatic rings. The molecule has 1 atom stereocenters. The summed E-state index contributed by atoms with van der Waals surface area (Å²) in [4.78, 5) is 15.2. The third kappa shape index (κ3) is 4.84. The normalized spacial score (nSPS) is 11.0. The zero-order valence-electron chi connectivity index (χ0n) is 15.7. The molecule has 0 radical (unpaired) electrons. The van der Waals surface area contributed by atoms with Crippen LogP contribution in [0.25, 0.3) is 0 Å². The highest BCUT2D eigenvalue weighted by Crippen LogP contribution is 2.29. The standard InChI is InChI=1S/C19H19N5O3S/c1-11(15-7-14(26-2)4-5-16(15)27-3)23-17(25)10-28-19-13(9-21)6-12(8-20)18(22)24-19/h4-7,11H,10H2,1-3H3,(H2,22,24)(H,23,25)/p+1/t11-/m1/s1. The number of carbonyl (C=O) groups excluding carboxylic acids is 1. The summed E-state index contributed by atoms with van der Waals surface area (Å²) in [6.07, 6.45) is 0. The Kier molecular flexibility index (Phi) is 7.08. The lowest BCUT2D eigenvalue weighted by Gasteiger charge is -2.18. The molecule has 0 spiro atoms. The molecule has 0 bridgehead atoms. The molecule has 9 heteroatoms. The Balaban J connectivity index is 2.09. The van der Waals surface area contributed by atoms with E-state index in [9.17, 15) is 10.1 Å². The maximum absolute atomic E-state index is 12.4. The summed E-state index contributed by atoms with van der Waals surface area (Å²) in [6.45, 7) is 1.84. The minimum atomic E-state index is -0.316. The monoisotopic (exact) mass is 398 g/mol. The predicted molar refractivity (Wildman–Crippen MR) is 104 cm³/mol. The van der Waals surface area contributed by atoms with Gasteiger partial charge in [-0.1, -0.05) is 11.8 Å². The van der Waals surface area contributed by atoms with E-state index in [1.54, 1.807) is 32.4 Å². The first-order valence-electron chi connectivity index (χ1n) is 8.23. The summed E-state index contributed by atoms with van der Waals surface area (Å²) >= 11 is 1.13. The second-order valence-corrected chi connectivity index (χ2v) is 6.73. The number of rotatable bonds is 7. The minimum absolute atomic E-state index is 0.0626. The van der Waals surface area contributed by atoms with Gasteiger partial charge >= 0.3 is 0 Å². The number of methoxy groups -OCH3 is 2. The van der Waals surface area contributed by atoms with Gasteiger partial charge in [-0.25, -0.2) is 4.98 Å². The van der Waals surface area contributed by atoms with Crippen molar-refractivity contribution in [2.75, 3.05) is 25.7 Å². The Labute approximate surface area is 167 Å². The number of pyridine rings is 1. The maximum atomic E-state index is 12.4. The zero-order valence-corrected chi connectivity index (χ0v) is 16.5. The average molecular weight is 398 g/mol. The molecule has 1 aromatic heterocycles. The average Bonchev–Trinajstić information content (AvgIpc) is 2.71. The van der Waals surface area contributed by atoms with Gasteiger partial charge in [0.1, 0.15) is 34.8 Å². The number of hydrogen-bond donors (Lipinski definition) is 2. The summed E-state index contributed by atoms with van der Waals surface area (Å²) in [5.41, 5.74) is 6.98. The highest BCUT2D eigenvalue weighted by Gasteiger charge is 2.18. The van der Waals surface area contributed by atoms with Crippen molar-refractivity contribution in [2.45, 2.75) is 18.0 Å². The van der Waals surface area contributed by atoms with E-state index in [0.29, 0.717) is 16.5 Å². The third-order valence-electron chi connectivity index (χ3n) is 3.94. The first-order chi connectivity index (χ1) is 13.4. The van der Waals surface area contributed by atoms with Crippen molar-refractivity contribution < 1.29 is 19.3 Å².